The van der Waals surface area contributed by atoms with Gasteiger partial charge < -0.3 is 15.4 Å². The molecule has 0 bridgehead atoms. The lowest BCUT2D eigenvalue weighted by Crippen LogP contribution is -2.14. The first-order valence-corrected chi connectivity index (χ1v) is 8.60. The van der Waals surface area contributed by atoms with Crippen molar-refractivity contribution in [1.82, 2.24) is 0 Å². The summed E-state index contributed by atoms with van der Waals surface area (Å²) in [5.74, 6) is 0.641. The number of carbonyl (C=O) groups is 2. The van der Waals surface area contributed by atoms with E-state index in [1.54, 1.807) is 19.3 Å². The maximum atomic E-state index is 12.3. The minimum Gasteiger partial charge on any atom is -0.496 e. The average Bonchev–Trinajstić information content (AvgIpc) is 3.48. The second kappa shape index (κ2) is 7.87. The molecule has 0 atom stereocenters. The predicted molar refractivity (Wildman–Crippen MR) is 103 cm³/mol. The summed E-state index contributed by atoms with van der Waals surface area (Å²) < 4.78 is 5.27. The van der Waals surface area contributed by atoms with Gasteiger partial charge in [-0.15, -0.1) is 0 Å². The zero-order valence-corrected chi connectivity index (χ0v) is 14.9. The lowest BCUT2D eigenvalue weighted by molar-refractivity contribution is -0.117. The van der Waals surface area contributed by atoms with Gasteiger partial charge in [-0.3, -0.25) is 9.59 Å². The van der Waals surface area contributed by atoms with Gasteiger partial charge in [-0.1, -0.05) is 24.3 Å². The summed E-state index contributed by atoms with van der Waals surface area (Å²) in [5, 5.41) is 5.75. The van der Waals surface area contributed by atoms with Gasteiger partial charge in [-0.2, -0.15) is 0 Å². The van der Waals surface area contributed by atoms with Crippen molar-refractivity contribution in [3.63, 3.8) is 0 Å². The zero-order valence-electron chi connectivity index (χ0n) is 14.9. The first kappa shape index (κ1) is 17.7. The van der Waals surface area contributed by atoms with Crippen molar-refractivity contribution in [2.45, 2.75) is 19.8 Å². The number of anilines is 2. The Morgan fingerprint density at radius 2 is 1.88 bits per heavy atom. The molecule has 2 N–H and O–H groups in total. The van der Waals surface area contributed by atoms with Crippen molar-refractivity contribution in [2.24, 2.45) is 5.92 Å². The standard InChI is InChI=1S/C21H22N2O3/c1-14-7-11-17(22-21(25)16-8-9-16)13-18(14)23-20(24)12-10-15-5-3-4-6-19(15)26-2/h3-7,10-13,16H,8-9H2,1-2H3,(H,22,25)(H,23,24)/b12-10+. The maximum absolute atomic E-state index is 12.3. The molecule has 2 amide bonds. The number of carbonyl (C=O) groups excluding carboxylic acids is 2. The summed E-state index contributed by atoms with van der Waals surface area (Å²) in [6.45, 7) is 1.91. The van der Waals surface area contributed by atoms with Crippen LogP contribution >= 0.6 is 0 Å². The molecule has 0 aromatic heterocycles. The van der Waals surface area contributed by atoms with E-state index in [1.807, 2.05) is 43.3 Å². The number of para-hydroxylation sites is 1. The normalized spacial score (nSPS) is 13.5. The number of hydrogen-bond acceptors (Lipinski definition) is 3. The van der Waals surface area contributed by atoms with E-state index >= 15 is 0 Å². The van der Waals surface area contributed by atoms with Gasteiger partial charge in [0.1, 0.15) is 5.75 Å². The van der Waals surface area contributed by atoms with E-state index in [-0.39, 0.29) is 17.7 Å². The van der Waals surface area contributed by atoms with Crippen molar-refractivity contribution in [1.29, 1.82) is 0 Å². The number of amides is 2. The largest absolute Gasteiger partial charge is 0.496 e. The number of nitrogens with one attached hydrogen (secondary N) is 2. The number of ether oxygens (including phenoxy) is 1. The number of aryl methyl sites for hydroxylation is 1. The van der Waals surface area contributed by atoms with Crippen LogP contribution in [0.2, 0.25) is 0 Å². The van der Waals surface area contributed by atoms with E-state index in [1.165, 1.54) is 6.08 Å². The monoisotopic (exact) mass is 350 g/mol. The van der Waals surface area contributed by atoms with E-state index in [2.05, 4.69) is 10.6 Å². The number of rotatable bonds is 6. The molecule has 0 unspecified atom stereocenters. The molecule has 1 saturated carbocycles. The quantitative estimate of drug-likeness (QED) is 0.774. The number of methoxy groups -OCH3 is 1. The number of benzene rings is 2. The van der Waals surface area contributed by atoms with Gasteiger partial charge in [0.2, 0.25) is 11.8 Å². The predicted octanol–water partition coefficient (Wildman–Crippen LogP) is 4.00. The Bertz CT molecular complexity index is 854. The molecule has 0 heterocycles. The molecule has 0 saturated heterocycles. The lowest BCUT2D eigenvalue weighted by atomic mass is 10.1. The minimum absolute atomic E-state index is 0.0437. The minimum atomic E-state index is -0.246. The molecule has 5 heteroatoms. The third-order valence-electron chi connectivity index (χ3n) is 4.26. The first-order valence-electron chi connectivity index (χ1n) is 8.60. The Kier molecular flexibility index (Phi) is 5.37. The van der Waals surface area contributed by atoms with Crippen LogP contribution in [-0.2, 0) is 9.59 Å². The van der Waals surface area contributed by atoms with E-state index in [4.69, 9.17) is 4.74 Å². The van der Waals surface area contributed by atoms with Gasteiger partial charge in [-0.25, -0.2) is 0 Å². The van der Waals surface area contributed by atoms with Crippen LogP contribution in [0.4, 0.5) is 11.4 Å². The topological polar surface area (TPSA) is 67.4 Å². The Morgan fingerprint density at radius 1 is 1.12 bits per heavy atom. The van der Waals surface area contributed by atoms with Gasteiger partial charge >= 0.3 is 0 Å². The number of hydrogen-bond donors (Lipinski definition) is 2. The van der Waals surface area contributed by atoms with Crippen LogP contribution in [0.3, 0.4) is 0 Å². The molecule has 5 nitrogen and oxygen atoms in total. The molecule has 3 rings (SSSR count). The molecule has 0 spiro atoms. The highest BCUT2D eigenvalue weighted by Crippen LogP contribution is 2.30. The van der Waals surface area contributed by atoms with Crippen LogP contribution in [0.15, 0.2) is 48.5 Å². The van der Waals surface area contributed by atoms with Crippen LogP contribution in [0.1, 0.15) is 24.0 Å². The Labute approximate surface area is 153 Å². The molecule has 26 heavy (non-hydrogen) atoms. The van der Waals surface area contributed by atoms with Crippen molar-refractivity contribution >= 4 is 29.3 Å². The Morgan fingerprint density at radius 3 is 2.62 bits per heavy atom. The van der Waals surface area contributed by atoms with E-state index in [0.29, 0.717) is 17.1 Å². The molecule has 2 aromatic carbocycles. The summed E-state index contributed by atoms with van der Waals surface area (Å²) >= 11 is 0. The third-order valence-corrected chi connectivity index (χ3v) is 4.26. The molecule has 1 fully saturated rings. The van der Waals surface area contributed by atoms with Gasteiger partial charge in [0.25, 0.3) is 0 Å². The highest BCUT2D eigenvalue weighted by atomic mass is 16.5. The van der Waals surface area contributed by atoms with E-state index in [9.17, 15) is 9.59 Å². The molecular weight excluding hydrogens is 328 g/mol. The molecule has 0 aliphatic heterocycles. The van der Waals surface area contributed by atoms with Crippen LogP contribution in [0, 0.1) is 12.8 Å². The summed E-state index contributed by atoms with van der Waals surface area (Å²) in [6, 6.07) is 13.0. The smallest absolute Gasteiger partial charge is 0.248 e. The second-order valence-electron chi connectivity index (χ2n) is 6.36. The molecule has 1 aliphatic rings. The third kappa shape index (κ3) is 4.51. The highest BCUT2D eigenvalue weighted by Gasteiger charge is 2.29. The Hall–Kier alpha value is -3.08. The molecule has 134 valence electrons. The second-order valence-corrected chi connectivity index (χ2v) is 6.36. The molecule has 1 aliphatic carbocycles. The summed E-state index contributed by atoms with van der Waals surface area (Å²) in [7, 11) is 1.59. The molecule has 2 aromatic rings. The van der Waals surface area contributed by atoms with Crippen LogP contribution in [0.25, 0.3) is 6.08 Å². The van der Waals surface area contributed by atoms with Crippen LogP contribution in [-0.4, -0.2) is 18.9 Å². The highest BCUT2D eigenvalue weighted by molar-refractivity contribution is 6.03. The van der Waals surface area contributed by atoms with Crippen LogP contribution < -0.4 is 15.4 Å². The van der Waals surface area contributed by atoms with Crippen molar-refractivity contribution in [3.05, 3.63) is 59.7 Å². The van der Waals surface area contributed by atoms with E-state index < -0.39 is 0 Å². The fraction of sp³-hybridized carbons (Fsp3) is 0.238. The average molecular weight is 350 g/mol. The lowest BCUT2D eigenvalue weighted by Gasteiger charge is -2.10. The summed E-state index contributed by atoms with van der Waals surface area (Å²) in [4.78, 5) is 24.2. The van der Waals surface area contributed by atoms with Gasteiger partial charge in [0, 0.05) is 28.9 Å². The SMILES string of the molecule is COc1ccccc1/C=C/C(=O)Nc1cc(NC(=O)C2CC2)ccc1C. The summed E-state index contributed by atoms with van der Waals surface area (Å²) in [6.07, 6.45) is 5.08. The summed E-state index contributed by atoms with van der Waals surface area (Å²) in [5.41, 5.74) is 3.12. The van der Waals surface area contributed by atoms with Crippen molar-refractivity contribution in [2.75, 3.05) is 17.7 Å². The fourth-order valence-electron chi connectivity index (χ4n) is 2.57. The maximum Gasteiger partial charge on any atom is 0.248 e. The Balaban J connectivity index is 1.68. The van der Waals surface area contributed by atoms with E-state index in [0.717, 1.165) is 24.0 Å². The van der Waals surface area contributed by atoms with Crippen molar-refractivity contribution in [3.8, 4) is 5.75 Å². The van der Waals surface area contributed by atoms with Gasteiger partial charge in [0.05, 0.1) is 7.11 Å². The van der Waals surface area contributed by atoms with Crippen molar-refractivity contribution < 1.29 is 14.3 Å². The first-order chi connectivity index (χ1) is 12.6. The molecule has 0 radical (unpaired) electrons. The fourth-order valence-corrected chi connectivity index (χ4v) is 2.57. The molecular formula is C21H22N2O3. The van der Waals surface area contributed by atoms with Gasteiger partial charge in [-0.05, 0) is 49.6 Å². The van der Waals surface area contributed by atoms with Gasteiger partial charge in [0.15, 0.2) is 0 Å². The zero-order chi connectivity index (χ0) is 18.5. The van der Waals surface area contributed by atoms with Crippen LogP contribution in [0.5, 0.6) is 5.75 Å².